The molecule has 0 aliphatic heterocycles. The van der Waals surface area contributed by atoms with Crippen LogP contribution in [0, 0.1) is 5.92 Å². The fourth-order valence-corrected chi connectivity index (χ4v) is 1.57. The Labute approximate surface area is 76.4 Å². The third-order valence-electron chi connectivity index (χ3n) is 2.50. The summed E-state index contributed by atoms with van der Waals surface area (Å²) in [7, 11) is 0. The van der Waals surface area contributed by atoms with E-state index in [0.29, 0.717) is 0 Å². The first kappa shape index (κ1) is 8.35. The van der Waals surface area contributed by atoms with E-state index in [1.807, 2.05) is 19.1 Å². The van der Waals surface area contributed by atoms with Gasteiger partial charge >= 0.3 is 5.97 Å². The fraction of sp³-hybridized carbons (Fsp3) is 0.500. The topological polar surface area (TPSA) is 50.4 Å². The highest BCUT2D eigenvalue weighted by Gasteiger charge is 2.46. The molecule has 1 heterocycles. The lowest BCUT2D eigenvalue weighted by atomic mass is 10.2. The first-order valence-electron chi connectivity index (χ1n) is 4.53. The second kappa shape index (κ2) is 2.91. The maximum atomic E-state index is 10.6. The van der Waals surface area contributed by atoms with Crippen LogP contribution < -0.4 is 0 Å². The average molecular weight is 180 g/mol. The summed E-state index contributed by atoms with van der Waals surface area (Å²) in [6.07, 6.45) is 1.59. The molecule has 3 heteroatoms. The van der Waals surface area contributed by atoms with Crippen molar-refractivity contribution in [2.24, 2.45) is 5.92 Å². The van der Waals surface area contributed by atoms with E-state index in [0.717, 1.165) is 24.4 Å². The van der Waals surface area contributed by atoms with E-state index in [4.69, 9.17) is 9.52 Å². The van der Waals surface area contributed by atoms with Crippen molar-refractivity contribution in [1.29, 1.82) is 0 Å². The van der Waals surface area contributed by atoms with Gasteiger partial charge in [-0.25, -0.2) is 0 Å². The number of hydrogen-bond donors (Lipinski definition) is 1. The Balaban J connectivity index is 2.07. The highest BCUT2D eigenvalue weighted by atomic mass is 16.4. The van der Waals surface area contributed by atoms with Crippen LogP contribution in [0.4, 0.5) is 0 Å². The molecule has 3 nitrogen and oxygen atoms in total. The quantitative estimate of drug-likeness (QED) is 0.774. The van der Waals surface area contributed by atoms with E-state index in [9.17, 15) is 4.79 Å². The normalized spacial score (nSPS) is 25.9. The molecule has 1 aliphatic carbocycles. The Bertz CT molecular complexity index is 327. The first-order valence-corrected chi connectivity index (χ1v) is 4.53. The minimum absolute atomic E-state index is 0.123. The predicted octanol–water partition coefficient (Wildman–Crippen LogP) is 2.03. The molecule has 0 saturated heterocycles. The third-order valence-corrected chi connectivity index (χ3v) is 2.50. The molecular formula is C10H12O3. The van der Waals surface area contributed by atoms with Crippen molar-refractivity contribution in [2.75, 3.05) is 0 Å². The average Bonchev–Trinajstić information content (AvgIpc) is 2.78. The number of carbonyl (C=O) groups is 1. The van der Waals surface area contributed by atoms with Crippen molar-refractivity contribution in [3.8, 4) is 0 Å². The number of aryl methyl sites for hydroxylation is 1. The lowest BCUT2D eigenvalue weighted by molar-refractivity contribution is -0.138. The van der Waals surface area contributed by atoms with Crippen LogP contribution in [0.5, 0.6) is 0 Å². The zero-order valence-corrected chi connectivity index (χ0v) is 7.49. The summed E-state index contributed by atoms with van der Waals surface area (Å²) in [4.78, 5) is 10.6. The maximum Gasteiger partial charge on any atom is 0.307 e. The Hall–Kier alpha value is -1.25. The van der Waals surface area contributed by atoms with E-state index >= 15 is 0 Å². The molecule has 0 bridgehead atoms. The highest BCUT2D eigenvalue weighted by molar-refractivity contribution is 5.74. The molecule has 1 saturated carbocycles. The molecule has 1 aromatic rings. The Morgan fingerprint density at radius 2 is 2.46 bits per heavy atom. The molecule has 70 valence electrons. The van der Waals surface area contributed by atoms with Gasteiger partial charge in [-0.1, -0.05) is 6.92 Å². The zero-order chi connectivity index (χ0) is 9.42. The van der Waals surface area contributed by atoms with E-state index in [1.54, 1.807) is 0 Å². The first-order chi connectivity index (χ1) is 6.22. The predicted molar refractivity (Wildman–Crippen MR) is 46.6 cm³/mol. The number of furan rings is 1. The molecular weight excluding hydrogens is 168 g/mol. The van der Waals surface area contributed by atoms with Gasteiger partial charge in [0.05, 0.1) is 5.92 Å². The number of rotatable bonds is 3. The molecule has 1 N–H and O–H groups in total. The van der Waals surface area contributed by atoms with Gasteiger partial charge in [0, 0.05) is 12.3 Å². The fourth-order valence-electron chi connectivity index (χ4n) is 1.57. The molecule has 2 atom stereocenters. The molecule has 0 aromatic carbocycles. The van der Waals surface area contributed by atoms with E-state index in [2.05, 4.69) is 0 Å². The summed E-state index contributed by atoms with van der Waals surface area (Å²) in [5, 5.41) is 8.71. The molecule has 0 spiro atoms. The number of carboxylic acids is 1. The van der Waals surface area contributed by atoms with Crippen LogP contribution in [0.25, 0.3) is 0 Å². The van der Waals surface area contributed by atoms with Crippen LogP contribution in [-0.4, -0.2) is 11.1 Å². The maximum absolute atomic E-state index is 10.6. The molecule has 0 amide bonds. The minimum atomic E-state index is -0.709. The molecule has 13 heavy (non-hydrogen) atoms. The van der Waals surface area contributed by atoms with Gasteiger partial charge in [0.1, 0.15) is 11.5 Å². The van der Waals surface area contributed by atoms with E-state index in [1.165, 1.54) is 0 Å². The molecule has 1 aromatic heterocycles. The Kier molecular flexibility index (Phi) is 1.87. The van der Waals surface area contributed by atoms with Crippen molar-refractivity contribution in [3.05, 3.63) is 23.7 Å². The van der Waals surface area contributed by atoms with Gasteiger partial charge in [-0.3, -0.25) is 4.79 Å². The smallest absolute Gasteiger partial charge is 0.307 e. The van der Waals surface area contributed by atoms with E-state index in [-0.39, 0.29) is 11.8 Å². The van der Waals surface area contributed by atoms with Crippen LogP contribution in [0.1, 0.15) is 30.8 Å². The summed E-state index contributed by atoms with van der Waals surface area (Å²) < 4.78 is 5.47. The van der Waals surface area contributed by atoms with Gasteiger partial charge in [0.2, 0.25) is 0 Å². The largest absolute Gasteiger partial charge is 0.481 e. The summed E-state index contributed by atoms with van der Waals surface area (Å²) >= 11 is 0. The van der Waals surface area contributed by atoms with Crippen molar-refractivity contribution in [3.63, 3.8) is 0 Å². The molecule has 2 rings (SSSR count). The van der Waals surface area contributed by atoms with Crippen molar-refractivity contribution < 1.29 is 14.3 Å². The Morgan fingerprint density at radius 1 is 1.69 bits per heavy atom. The van der Waals surface area contributed by atoms with Gasteiger partial charge in [-0.15, -0.1) is 0 Å². The molecule has 1 fully saturated rings. The van der Waals surface area contributed by atoms with Gasteiger partial charge in [0.15, 0.2) is 0 Å². The van der Waals surface area contributed by atoms with Gasteiger partial charge in [-0.05, 0) is 18.6 Å². The summed E-state index contributed by atoms with van der Waals surface area (Å²) in [6, 6.07) is 3.82. The van der Waals surface area contributed by atoms with Gasteiger partial charge in [0.25, 0.3) is 0 Å². The Morgan fingerprint density at radius 3 is 2.92 bits per heavy atom. The summed E-state index contributed by atoms with van der Waals surface area (Å²) in [5.41, 5.74) is 0. The SMILES string of the molecule is CCc1ccc(C2CC2C(=O)O)o1. The van der Waals surface area contributed by atoms with Crippen LogP contribution >= 0.6 is 0 Å². The van der Waals surface area contributed by atoms with Crippen molar-refractivity contribution in [2.45, 2.75) is 25.7 Å². The molecule has 2 unspecified atom stereocenters. The van der Waals surface area contributed by atoms with Gasteiger partial charge < -0.3 is 9.52 Å². The van der Waals surface area contributed by atoms with Crippen LogP contribution in [0.2, 0.25) is 0 Å². The lowest BCUT2D eigenvalue weighted by Crippen LogP contribution is -1.98. The van der Waals surface area contributed by atoms with Gasteiger partial charge in [-0.2, -0.15) is 0 Å². The third kappa shape index (κ3) is 1.46. The van der Waals surface area contributed by atoms with Crippen LogP contribution in [0.15, 0.2) is 16.5 Å². The molecule has 1 aliphatic rings. The summed E-state index contributed by atoms with van der Waals surface area (Å²) in [5.74, 6) is 0.975. The second-order valence-electron chi connectivity index (χ2n) is 3.44. The van der Waals surface area contributed by atoms with Crippen LogP contribution in [-0.2, 0) is 11.2 Å². The van der Waals surface area contributed by atoms with Crippen molar-refractivity contribution in [1.82, 2.24) is 0 Å². The molecule has 0 radical (unpaired) electrons. The number of carboxylic acid groups (broad SMARTS) is 1. The second-order valence-corrected chi connectivity index (χ2v) is 3.44. The van der Waals surface area contributed by atoms with E-state index < -0.39 is 5.97 Å². The number of hydrogen-bond acceptors (Lipinski definition) is 2. The highest BCUT2D eigenvalue weighted by Crippen LogP contribution is 2.47. The zero-order valence-electron chi connectivity index (χ0n) is 7.49. The van der Waals surface area contributed by atoms with Crippen molar-refractivity contribution >= 4 is 5.97 Å². The lowest BCUT2D eigenvalue weighted by Gasteiger charge is -1.91. The minimum Gasteiger partial charge on any atom is -0.481 e. The monoisotopic (exact) mass is 180 g/mol. The standard InChI is InChI=1S/C10H12O3/c1-2-6-3-4-9(13-6)7-5-8(7)10(11)12/h3-4,7-8H,2,5H2,1H3,(H,11,12). The number of aliphatic carboxylic acids is 1. The van der Waals surface area contributed by atoms with Crippen LogP contribution in [0.3, 0.4) is 0 Å². The summed E-state index contributed by atoms with van der Waals surface area (Å²) in [6.45, 7) is 2.02.